The molecule has 1 saturated heterocycles. The fourth-order valence-corrected chi connectivity index (χ4v) is 7.71. The van der Waals surface area contributed by atoms with Crippen LogP contribution < -0.4 is 11.1 Å². The standard InChI is InChI=1S/C28H30N4O2S2/c1-26(33)16-27(29,17-26)20-9-7-18(8-10-20)22-23(19-5-3-2-4-6-19)36-24(32-22)21-15-31-25(35-21)28(34)11-13-30-14-12-28/h2-10,15,30,33-34H,11-14,16-17,29H2,1H3/t26-,27-. The second-order valence-corrected chi connectivity index (χ2v) is 12.5. The SMILES string of the molecule is C[C@]1(O)C[C@@](N)(c2ccc(-c3nc(-c4cnc(C5(O)CCNCC5)s4)sc3-c3ccccc3)cc2)C1. The largest absolute Gasteiger partial charge is 0.390 e. The number of rotatable bonds is 5. The summed E-state index contributed by atoms with van der Waals surface area (Å²) in [4.78, 5) is 11.8. The molecule has 2 aromatic carbocycles. The summed E-state index contributed by atoms with van der Waals surface area (Å²) in [6.45, 7) is 3.43. The number of aliphatic hydroxyl groups is 2. The van der Waals surface area contributed by atoms with Crippen LogP contribution in [0.25, 0.3) is 31.6 Å². The topological polar surface area (TPSA) is 104 Å². The van der Waals surface area contributed by atoms with Crippen molar-refractivity contribution in [2.45, 2.75) is 49.3 Å². The zero-order chi connectivity index (χ0) is 25.0. The number of nitrogens with two attached hydrogens (primary N) is 1. The van der Waals surface area contributed by atoms with Crippen molar-refractivity contribution in [3.8, 4) is 31.6 Å². The van der Waals surface area contributed by atoms with Crippen molar-refractivity contribution < 1.29 is 10.2 Å². The van der Waals surface area contributed by atoms with E-state index in [1.54, 1.807) is 11.3 Å². The molecule has 0 radical (unpaired) electrons. The van der Waals surface area contributed by atoms with Crippen molar-refractivity contribution in [3.63, 3.8) is 0 Å². The average Bonchev–Trinajstić information content (AvgIpc) is 3.52. The minimum absolute atomic E-state index is 0.481. The van der Waals surface area contributed by atoms with Gasteiger partial charge in [-0.15, -0.1) is 22.7 Å². The summed E-state index contributed by atoms with van der Waals surface area (Å²) >= 11 is 3.19. The van der Waals surface area contributed by atoms with Gasteiger partial charge in [-0.2, -0.15) is 0 Å². The van der Waals surface area contributed by atoms with E-state index in [4.69, 9.17) is 10.7 Å². The maximum atomic E-state index is 11.1. The lowest BCUT2D eigenvalue weighted by Gasteiger charge is -2.49. The first-order valence-electron chi connectivity index (χ1n) is 12.3. The molecule has 0 atom stereocenters. The van der Waals surface area contributed by atoms with Gasteiger partial charge in [-0.3, -0.25) is 0 Å². The molecule has 4 aromatic rings. The van der Waals surface area contributed by atoms with Crippen LogP contribution in [0.4, 0.5) is 0 Å². The third-order valence-corrected chi connectivity index (χ3v) is 9.80. The zero-order valence-corrected chi connectivity index (χ0v) is 21.8. The smallest absolute Gasteiger partial charge is 0.136 e. The molecule has 0 spiro atoms. The van der Waals surface area contributed by atoms with E-state index in [2.05, 4.69) is 46.7 Å². The lowest BCUT2D eigenvalue weighted by Crippen LogP contribution is -2.58. The van der Waals surface area contributed by atoms with Gasteiger partial charge < -0.3 is 21.3 Å². The molecule has 2 aromatic heterocycles. The number of piperidine rings is 1. The lowest BCUT2D eigenvalue weighted by atomic mass is 9.63. The van der Waals surface area contributed by atoms with E-state index in [-0.39, 0.29) is 0 Å². The van der Waals surface area contributed by atoms with Crippen LogP contribution in [0, 0.1) is 0 Å². The first kappa shape index (κ1) is 23.9. The fraction of sp³-hybridized carbons (Fsp3) is 0.357. The van der Waals surface area contributed by atoms with Crippen LogP contribution in [0.5, 0.6) is 0 Å². The first-order chi connectivity index (χ1) is 17.2. The summed E-state index contributed by atoms with van der Waals surface area (Å²) in [6.07, 6.45) is 4.31. The summed E-state index contributed by atoms with van der Waals surface area (Å²) in [7, 11) is 0. The molecule has 0 amide bonds. The van der Waals surface area contributed by atoms with Gasteiger partial charge >= 0.3 is 0 Å². The molecule has 6 nitrogen and oxygen atoms in total. The van der Waals surface area contributed by atoms with E-state index in [1.165, 1.54) is 11.3 Å². The maximum Gasteiger partial charge on any atom is 0.136 e. The third kappa shape index (κ3) is 4.32. The first-order valence-corrected chi connectivity index (χ1v) is 14.0. The summed E-state index contributed by atoms with van der Waals surface area (Å²) in [5.41, 5.74) is 8.63. The fourth-order valence-electron chi connectivity index (χ4n) is 5.52. The van der Waals surface area contributed by atoms with Gasteiger partial charge in [0.2, 0.25) is 0 Å². The van der Waals surface area contributed by atoms with Gasteiger partial charge in [-0.1, -0.05) is 54.6 Å². The Bertz CT molecular complexity index is 1360. The summed E-state index contributed by atoms with van der Waals surface area (Å²) in [5.74, 6) is 0. The van der Waals surface area contributed by atoms with E-state index in [9.17, 15) is 10.2 Å². The Morgan fingerprint density at radius 1 is 0.917 bits per heavy atom. The second-order valence-electron chi connectivity index (χ2n) is 10.5. The Labute approximate surface area is 218 Å². The predicted molar refractivity (Wildman–Crippen MR) is 146 cm³/mol. The predicted octanol–water partition coefficient (Wildman–Crippen LogP) is 4.87. The van der Waals surface area contributed by atoms with E-state index in [1.807, 2.05) is 31.3 Å². The highest BCUT2D eigenvalue weighted by molar-refractivity contribution is 7.23. The molecule has 0 unspecified atom stereocenters. The highest BCUT2D eigenvalue weighted by atomic mass is 32.1. The van der Waals surface area contributed by atoms with Crippen molar-refractivity contribution >= 4 is 22.7 Å². The van der Waals surface area contributed by atoms with Crippen molar-refractivity contribution in [3.05, 3.63) is 71.4 Å². The van der Waals surface area contributed by atoms with Crippen molar-refractivity contribution in [2.75, 3.05) is 13.1 Å². The molecule has 2 aliphatic rings. The minimum atomic E-state index is -0.864. The van der Waals surface area contributed by atoms with Crippen molar-refractivity contribution in [1.82, 2.24) is 15.3 Å². The van der Waals surface area contributed by atoms with Gasteiger partial charge in [-0.25, -0.2) is 9.97 Å². The van der Waals surface area contributed by atoms with E-state index in [0.717, 1.165) is 55.2 Å². The molecule has 2 fully saturated rings. The van der Waals surface area contributed by atoms with Crippen LogP contribution in [0.2, 0.25) is 0 Å². The van der Waals surface area contributed by atoms with Crippen LogP contribution in [-0.2, 0) is 11.1 Å². The molecule has 5 N–H and O–H groups in total. The van der Waals surface area contributed by atoms with E-state index in [0.29, 0.717) is 25.7 Å². The number of nitrogens with one attached hydrogen (secondary N) is 1. The van der Waals surface area contributed by atoms with Crippen molar-refractivity contribution in [2.24, 2.45) is 5.73 Å². The summed E-state index contributed by atoms with van der Waals surface area (Å²) in [5, 5.41) is 26.3. The normalized spacial score (nSPS) is 25.4. The molecule has 6 rings (SSSR count). The van der Waals surface area contributed by atoms with Gasteiger partial charge in [0, 0.05) is 17.3 Å². The molecule has 186 valence electrons. The Morgan fingerprint density at radius 3 is 2.28 bits per heavy atom. The number of aromatic nitrogens is 2. The Morgan fingerprint density at radius 2 is 1.61 bits per heavy atom. The zero-order valence-electron chi connectivity index (χ0n) is 20.2. The molecule has 36 heavy (non-hydrogen) atoms. The molecule has 3 heterocycles. The van der Waals surface area contributed by atoms with Crippen LogP contribution in [0.15, 0.2) is 60.8 Å². The highest BCUT2D eigenvalue weighted by Gasteiger charge is 2.49. The van der Waals surface area contributed by atoms with Crippen LogP contribution >= 0.6 is 22.7 Å². The molecule has 1 saturated carbocycles. The Kier molecular flexibility index (Phi) is 5.87. The number of hydrogen-bond acceptors (Lipinski definition) is 8. The molecule has 8 heteroatoms. The second kappa shape index (κ2) is 8.83. The lowest BCUT2D eigenvalue weighted by molar-refractivity contribution is -0.0738. The molecular weight excluding hydrogens is 488 g/mol. The number of thiazole rings is 2. The maximum absolute atomic E-state index is 11.1. The van der Waals surface area contributed by atoms with Gasteiger partial charge in [-0.05, 0) is 56.8 Å². The van der Waals surface area contributed by atoms with Crippen molar-refractivity contribution in [1.29, 1.82) is 0 Å². The average molecular weight is 519 g/mol. The van der Waals surface area contributed by atoms with Gasteiger partial charge in [0.05, 0.1) is 21.0 Å². The quantitative estimate of drug-likeness (QED) is 0.301. The third-order valence-electron chi connectivity index (χ3n) is 7.33. The number of nitrogens with zero attached hydrogens (tertiary/aromatic N) is 2. The van der Waals surface area contributed by atoms with E-state index < -0.39 is 16.7 Å². The monoisotopic (exact) mass is 518 g/mol. The van der Waals surface area contributed by atoms with Gasteiger partial charge in [0.15, 0.2) is 0 Å². The molecular formula is C28H30N4O2S2. The molecule has 1 aliphatic carbocycles. The number of benzene rings is 2. The van der Waals surface area contributed by atoms with E-state index >= 15 is 0 Å². The van der Waals surface area contributed by atoms with Crippen LogP contribution in [-0.4, -0.2) is 38.9 Å². The molecule has 1 aliphatic heterocycles. The Hall–Kier alpha value is -2.46. The summed E-state index contributed by atoms with van der Waals surface area (Å²) in [6, 6.07) is 18.6. The van der Waals surface area contributed by atoms with Gasteiger partial charge in [0.25, 0.3) is 0 Å². The highest BCUT2D eigenvalue weighted by Crippen LogP contribution is 2.47. The van der Waals surface area contributed by atoms with Crippen LogP contribution in [0.1, 0.15) is 43.2 Å². The molecule has 0 bridgehead atoms. The Balaban J connectivity index is 1.36. The number of hydrogen-bond donors (Lipinski definition) is 4. The minimum Gasteiger partial charge on any atom is -0.390 e. The van der Waals surface area contributed by atoms with Gasteiger partial charge in [0.1, 0.15) is 15.6 Å². The van der Waals surface area contributed by atoms with Crippen LogP contribution in [0.3, 0.4) is 0 Å². The summed E-state index contributed by atoms with van der Waals surface area (Å²) < 4.78 is 0.